The van der Waals surface area contributed by atoms with Crippen LogP contribution in [0.1, 0.15) is 54.6 Å². The highest BCUT2D eigenvalue weighted by molar-refractivity contribution is 5.98. The van der Waals surface area contributed by atoms with Crippen molar-refractivity contribution >= 4 is 23.8 Å². The molecule has 2 fully saturated rings. The molecule has 11 nitrogen and oxygen atoms in total. The van der Waals surface area contributed by atoms with Crippen LogP contribution in [0.5, 0.6) is 5.75 Å². The number of hydrogen-bond acceptors (Lipinski definition) is 5. The SMILES string of the molecule is COc1ccc(C[C@H](NC(=O)[C@@H]2C[C@H](NC(=O)NC3CCCCC3)CN2C(=O)c2cccn2C)C(N)=O)cc1. The summed E-state index contributed by atoms with van der Waals surface area (Å²) in [5.41, 5.74) is 6.85. The molecule has 3 atom stereocenters. The van der Waals surface area contributed by atoms with Crippen molar-refractivity contribution in [1.29, 1.82) is 0 Å². The van der Waals surface area contributed by atoms with E-state index in [1.54, 1.807) is 61.3 Å². The number of aryl methyl sites for hydroxylation is 1. The lowest BCUT2D eigenvalue weighted by Crippen LogP contribution is -2.53. The molecule has 1 aromatic carbocycles. The third-order valence-electron chi connectivity index (χ3n) is 7.56. The van der Waals surface area contributed by atoms with Crippen LogP contribution in [0.15, 0.2) is 42.6 Å². The highest BCUT2D eigenvalue weighted by Crippen LogP contribution is 2.23. The van der Waals surface area contributed by atoms with E-state index >= 15 is 0 Å². The number of hydrogen-bond donors (Lipinski definition) is 4. The number of carbonyl (C=O) groups excluding carboxylic acids is 4. The summed E-state index contributed by atoms with van der Waals surface area (Å²) in [6, 6.07) is 8.12. The average molecular weight is 539 g/mol. The molecule has 0 radical (unpaired) electrons. The molecule has 0 unspecified atom stereocenters. The fraction of sp³-hybridized carbons (Fsp3) is 0.500. The normalized spacial score (nSPS) is 20.2. The van der Waals surface area contributed by atoms with Gasteiger partial charge in [0.25, 0.3) is 5.91 Å². The second-order valence-corrected chi connectivity index (χ2v) is 10.4. The van der Waals surface area contributed by atoms with Crippen molar-refractivity contribution in [3.05, 3.63) is 53.9 Å². The molecule has 1 saturated heterocycles. The van der Waals surface area contributed by atoms with Gasteiger partial charge in [0.1, 0.15) is 23.5 Å². The number of rotatable bonds is 9. The fourth-order valence-electron chi connectivity index (χ4n) is 5.39. The zero-order chi connectivity index (χ0) is 27.9. The van der Waals surface area contributed by atoms with Crippen molar-refractivity contribution in [2.75, 3.05) is 13.7 Å². The van der Waals surface area contributed by atoms with Gasteiger partial charge in [0.05, 0.1) is 13.2 Å². The number of carbonyl (C=O) groups is 4. The molecular weight excluding hydrogens is 500 g/mol. The Morgan fingerprint density at radius 1 is 1.03 bits per heavy atom. The van der Waals surface area contributed by atoms with Crippen LogP contribution in [0.4, 0.5) is 4.79 Å². The molecule has 5 N–H and O–H groups in total. The molecule has 39 heavy (non-hydrogen) atoms. The molecule has 11 heteroatoms. The fourth-order valence-corrected chi connectivity index (χ4v) is 5.39. The lowest BCUT2D eigenvalue weighted by molar-refractivity contribution is -0.129. The first-order valence-corrected chi connectivity index (χ1v) is 13.5. The van der Waals surface area contributed by atoms with Crippen molar-refractivity contribution in [2.45, 2.75) is 69.1 Å². The number of primary amides is 1. The molecular formula is C28H38N6O5. The van der Waals surface area contributed by atoms with Crippen molar-refractivity contribution in [1.82, 2.24) is 25.4 Å². The average Bonchev–Trinajstić information content (AvgIpc) is 3.55. The maximum atomic E-state index is 13.5. The highest BCUT2D eigenvalue weighted by atomic mass is 16.5. The second-order valence-electron chi connectivity index (χ2n) is 10.4. The van der Waals surface area contributed by atoms with Crippen LogP contribution in [0, 0.1) is 0 Å². The topological polar surface area (TPSA) is 148 Å². The van der Waals surface area contributed by atoms with Crippen LogP contribution in [-0.4, -0.2) is 71.0 Å². The number of urea groups is 1. The van der Waals surface area contributed by atoms with E-state index in [0.29, 0.717) is 11.4 Å². The van der Waals surface area contributed by atoms with E-state index in [4.69, 9.17) is 10.5 Å². The molecule has 1 saturated carbocycles. The molecule has 210 valence electrons. The predicted molar refractivity (Wildman–Crippen MR) is 145 cm³/mol. The minimum Gasteiger partial charge on any atom is -0.497 e. The van der Waals surface area contributed by atoms with Crippen LogP contribution in [-0.2, 0) is 23.1 Å². The van der Waals surface area contributed by atoms with Gasteiger partial charge in [0.15, 0.2) is 0 Å². The van der Waals surface area contributed by atoms with E-state index in [2.05, 4.69) is 16.0 Å². The molecule has 2 aromatic rings. The number of nitrogens with zero attached hydrogens (tertiary/aromatic N) is 2. The van der Waals surface area contributed by atoms with Gasteiger partial charge in [0, 0.05) is 32.3 Å². The zero-order valence-corrected chi connectivity index (χ0v) is 22.5. The Hall–Kier alpha value is -4.02. The maximum Gasteiger partial charge on any atom is 0.315 e. The van der Waals surface area contributed by atoms with E-state index in [1.807, 2.05) is 0 Å². The Morgan fingerprint density at radius 3 is 2.33 bits per heavy atom. The quantitative estimate of drug-likeness (QED) is 0.382. The van der Waals surface area contributed by atoms with Crippen LogP contribution in [0.2, 0.25) is 0 Å². The van der Waals surface area contributed by atoms with Gasteiger partial charge in [0.2, 0.25) is 11.8 Å². The summed E-state index contributed by atoms with van der Waals surface area (Å²) in [4.78, 5) is 53.4. The summed E-state index contributed by atoms with van der Waals surface area (Å²) in [7, 11) is 3.32. The number of methoxy groups -OCH3 is 1. The monoisotopic (exact) mass is 538 g/mol. The van der Waals surface area contributed by atoms with Crippen molar-refractivity contribution in [3.63, 3.8) is 0 Å². The van der Waals surface area contributed by atoms with Crippen LogP contribution in [0.3, 0.4) is 0 Å². The maximum absolute atomic E-state index is 13.5. The Balaban J connectivity index is 1.46. The largest absolute Gasteiger partial charge is 0.497 e. The molecule has 4 rings (SSSR count). The Kier molecular flexibility index (Phi) is 9.11. The molecule has 2 heterocycles. The smallest absolute Gasteiger partial charge is 0.315 e. The number of ether oxygens (including phenoxy) is 1. The minimum absolute atomic E-state index is 0.134. The molecule has 1 aromatic heterocycles. The molecule has 1 aliphatic heterocycles. The van der Waals surface area contributed by atoms with E-state index < -0.39 is 29.9 Å². The highest BCUT2D eigenvalue weighted by Gasteiger charge is 2.42. The predicted octanol–water partition coefficient (Wildman–Crippen LogP) is 1.46. The van der Waals surface area contributed by atoms with E-state index in [0.717, 1.165) is 31.2 Å². The number of amides is 5. The lowest BCUT2D eigenvalue weighted by Gasteiger charge is -2.26. The third-order valence-corrected chi connectivity index (χ3v) is 7.56. The van der Waals surface area contributed by atoms with Crippen LogP contribution in [0.25, 0.3) is 0 Å². The Bertz CT molecular complexity index is 1170. The first-order valence-electron chi connectivity index (χ1n) is 13.5. The zero-order valence-electron chi connectivity index (χ0n) is 22.5. The summed E-state index contributed by atoms with van der Waals surface area (Å²) in [5.74, 6) is -0.832. The van der Waals surface area contributed by atoms with Crippen LogP contribution >= 0.6 is 0 Å². The Labute approximate surface area is 228 Å². The van der Waals surface area contributed by atoms with E-state index in [-0.39, 0.29) is 37.4 Å². The summed E-state index contributed by atoms with van der Waals surface area (Å²) >= 11 is 0. The number of nitrogens with one attached hydrogen (secondary N) is 3. The van der Waals surface area contributed by atoms with Gasteiger partial charge in [-0.2, -0.15) is 0 Å². The van der Waals surface area contributed by atoms with Gasteiger partial charge in [-0.25, -0.2) is 4.79 Å². The van der Waals surface area contributed by atoms with Gasteiger partial charge in [-0.15, -0.1) is 0 Å². The first-order chi connectivity index (χ1) is 18.7. The van der Waals surface area contributed by atoms with Crippen molar-refractivity contribution < 1.29 is 23.9 Å². The molecule has 5 amide bonds. The minimum atomic E-state index is -0.973. The van der Waals surface area contributed by atoms with Gasteiger partial charge < -0.3 is 35.9 Å². The van der Waals surface area contributed by atoms with Crippen LogP contribution < -0.4 is 26.4 Å². The number of nitrogens with two attached hydrogens (primary N) is 1. The summed E-state index contributed by atoms with van der Waals surface area (Å²) < 4.78 is 6.86. The number of aromatic nitrogens is 1. The standard InChI is InChI=1S/C28H38N6O5/c1-33-14-6-9-23(33)27(37)34-17-20(31-28(38)30-19-7-4-3-5-8-19)16-24(34)26(36)32-22(25(29)35)15-18-10-12-21(39-2)13-11-18/h6,9-14,19-20,22,24H,3-5,7-8,15-17H2,1-2H3,(H2,29,35)(H,32,36)(H2,30,31,38)/t20-,22-,24-/m0/s1. The van der Waals surface area contributed by atoms with Crippen molar-refractivity contribution in [3.8, 4) is 5.75 Å². The van der Waals surface area contributed by atoms with E-state index in [9.17, 15) is 19.2 Å². The Morgan fingerprint density at radius 2 is 1.72 bits per heavy atom. The third kappa shape index (κ3) is 7.10. The summed E-state index contributed by atoms with van der Waals surface area (Å²) in [5, 5.41) is 8.72. The summed E-state index contributed by atoms with van der Waals surface area (Å²) in [6.45, 7) is 0.167. The van der Waals surface area contributed by atoms with Gasteiger partial charge >= 0.3 is 6.03 Å². The summed E-state index contributed by atoms with van der Waals surface area (Å²) in [6.07, 6.45) is 7.42. The molecule has 1 aliphatic carbocycles. The van der Waals surface area contributed by atoms with Crippen molar-refractivity contribution in [2.24, 2.45) is 12.8 Å². The number of likely N-dealkylation sites (tertiary alicyclic amines) is 1. The molecule has 2 aliphatic rings. The lowest BCUT2D eigenvalue weighted by atomic mass is 9.96. The molecule has 0 spiro atoms. The van der Waals surface area contributed by atoms with Gasteiger partial charge in [-0.3, -0.25) is 14.4 Å². The van der Waals surface area contributed by atoms with Gasteiger partial charge in [-0.1, -0.05) is 31.4 Å². The van der Waals surface area contributed by atoms with Gasteiger partial charge in [-0.05, 0) is 49.1 Å². The second kappa shape index (κ2) is 12.7. The van der Waals surface area contributed by atoms with E-state index in [1.165, 1.54) is 11.3 Å². The first kappa shape index (κ1) is 28.0. The molecule has 0 bridgehead atoms. The number of benzene rings is 1.